The fourth-order valence-electron chi connectivity index (χ4n) is 4.59. The fourth-order valence-corrected chi connectivity index (χ4v) is 5.55. The summed E-state index contributed by atoms with van der Waals surface area (Å²) in [5.41, 5.74) is 1.75. The van der Waals surface area contributed by atoms with Crippen LogP contribution in [0.1, 0.15) is 12.0 Å². The van der Waals surface area contributed by atoms with Gasteiger partial charge in [0.25, 0.3) is 5.91 Å². The van der Waals surface area contributed by atoms with Crippen molar-refractivity contribution >= 4 is 45.1 Å². The Bertz CT molecular complexity index is 1470. The Morgan fingerprint density at radius 1 is 1.09 bits per heavy atom. The molecule has 8 nitrogen and oxygen atoms in total. The molecule has 35 heavy (non-hydrogen) atoms. The molecule has 0 saturated carbocycles. The molecule has 2 N–H and O–H groups in total. The Morgan fingerprint density at radius 3 is 2.80 bits per heavy atom. The Balaban J connectivity index is 1.20. The molecule has 3 heterocycles. The summed E-state index contributed by atoms with van der Waals surface area (Å²) < 4.78 is 6.73. The quantitative estimate of drug-likeness (QED) is 0.424. The number of carbonyl (C=O) groups is 3. The number of aromatic nitrogens is 1. The number of urea groups is 1. The van der Waals surface area contributed by atoms with Gasteiger partial charge < -0.3 is 15.4 Å². The predicted octanol–water partition coefficient (Wildman–Crippen LogP) is 4.13. The van der Waals surface area contributed by atoms with Gasteiger partial charge >= 0.3 is 6.03 Å². The van der Waals surface area contributed by atoms with Gasteiger partial charge in [-0.1, -0.05) is 42.5 Å². The molecule has 1 atom stereocenters. The van der Waals surface area contributed by atoms with E-state index in [4.69, 9.17) is 4.74 Å². The molecular formula is C26H20N4O4S. The molecule has 4 aromatic rings. The molecule has 1 saturated heterocycles. The van der Waals surface area contributed by atoms with E-state index in [9.17, 15) is 14.4 Å². The molecule has 2 aliphatic heterocycles. The third-order valence-corrected chi connectivity index (χ3v) is 7.33. The summed E-state index contributed by atoms with van der Waals surface area (Å²) >= 11 is 1.57. The van der Waals surface area contributed by atoms with Gasteiger partial charge in [0.05, 0.1) is 16.8 Å². The van der Waals surface area contributed by atoms with Gasteiger partial charge in [0.1, 0.15) is 17.3 Å². The van der Waals surface area contributed by atoms with Crippen LogP contribution in [0, 0.1) is 0 Å². The van der Waals surface area contributed by atoms with Crippen LogP contribution in [-0.4, -0.2) is 40.9 Å². The van der Waals surface area contributed by atoms with Crippen molar-refractivity contribution < 1.29 is 19.1 Å². The predicted molar refractivity (Wildman–Crippen MR) is 132 cm³/mol. The molecule has 1 spiro atoms. The number of hydrogen-bond donors (Lipinski definition) is 2. The van der Waals surface area contributed by atoms with Gasteiger partial charge in [-0.25, -0.2) is 9.78 Å². The lowest BCUT2D eigenvalue weighted by Crippen LogP contribution is -2.48. The Hall–Kier alpha value is -4.24. The summed E-state index contributed by atoms with van der Waals surface area (Å²) in [4.78, 5) is 44.6. The van der Waals surface area contributed by atoms with Crippen LogP contribution in [0.4, 0.5) is 10.5 Å². The number of fused-ring (bicyclic) bond motifs is 3. The summed E-state index contributed by atoms with van der Waals surface area (Å²) in [6.07, 6.45) is 0.302. The minimum absolute atomic E-state index is 0.293. The van der Waals surface area contributed by atoms with Crippen LogP contribution in [0.3, 0.4) is 0 Å². The van der Waals surface area contributed by atoms with Crippen LogP contribution >= 0.6 is 11.3 Å². The molecule has 0 radical (unpaired) electrons. The summed E-state index contributed by atoms with van der Waals surface area (Å²) in [6.45, 7) is -0.0948. The number of nitrogens with one attached hydrogen (secondary N) is 2. The molecule has 3 aromatic carbocycles. The number of para-hydroxylation sites is 2. The van der Waals surface area contributed by atoms with E-state index in [-0.39, 0.29) is 6.54 Å². The maximum Gasteiger partial charge on any atom is 0.325 e. The fraction of sp³-hybridized carbons (Fsp3) is 0.154. The zero-order valence-electron chi connectivity index (χ0n) is 18.5. The van der Waals surface area contributed by atoms with Gasteiger partial charge in [-0.05, 0) is 30.3 Å². The van der Waals surface area contributed by atoms with E-state index in [1.807, 2.05) is 48.5 Å². The summed E-state index contributed by atoms with van der Waals surface area (Å²) in [6, 6.07) is 21.8. The van der Waals surface area contributed by atoms with Crippen LogP contribution in [0.2, 0.25) is 0 Å². The van der Waals surface area contributed by atoms with Gasteiger partial charge in [0, 0.05) is 23.2 Å². The lowest BCUT2D eigenvalue weighted by molar-refractivity contribution is -0.135. The van der Waals surface area contributed by atoms with Gasteiger partial charge in [-0.3, -0.25) is 14.5 Å². The van der Waals surface area contributed by atoms with Crippen molar-refractivity contribution in [2.24, 2.45) is 0 Å². The first-order valence-corrected chi connectivity index (χ1v) is 12.0. The number of anilines is 1. The number of rotatable bonds is 4. The molecule has 9 heteroatoms. The average molecular weight is 485 g/mol. The Morgan fingerprint density at radius 2 is 1.91 bits per heavy atom. The zero-order valence-corrected chi connectivity index (χ0v) is 19.3. The van der Waals surface area contributed by atoms with Crippen molar-refractivity contribution in [3.05, 3.63) is 78.4 Å². The highest BCUT2D eigenvalue weighted by Gasteiger charge is 2.55. The number of benzene rings is 3. The van der Waals surface area contributed by atoms with E-state index in [1.54, 1.807) is 35.6 Å². The Labute approximate surface area is 204 Å². The number of amides is 4. The summed E-state index contributed by atoms with van der Waals surface area (Å²) in [5, 5.41) is 6.46. The second kappa shape index (κ2) is 8.21. The lowest BCUT2D eigenvalue weighted by Gasteiger charge is -2.33. The number of carbonyl (C=O) groups excluding carboxylic acids is 3. The monoisotopic (exact) mass is 484 g/mol. The third-order valence-electron chi connectivity index (χ3n) is 6.25. The molecule has 0 aliphatic carbocycles. The molecule has 1 fully saturated rings. The highest BCUT2D eigenvalue weighted by Crippen LogP contribution is 2.41. The minimum atomic E-state index is -1.21. The second-order valence-corrected chi connectivity index (χ2v) is 9.47. The Kier molecular flexibility index (Phi) is 5.00. The first-order valence-electron chi connectivity index (χ1n) is 11.2. The normalized spacial score (nSPS) is 18.9. The van der Waals surface area contributed by atoms with Crippen molar-refractivity contribution in [2.45, 2.75) is 12.0 Å². The zero-order chi connectivity index (χ0) is 24.0. The van der Waals surface area contributed by atoms with E-state index >= 15 is 0 Å². The van der Waals surface area contributed by atoms with E-state index in [0.717, 1.165) is 25.7 Å². The number of imide groups is 1. The van der Waals surface area contributed by atoms with Crippen molar-refractivity contribution in [2.75, 3.05) is 18.5 Å². The summed E-state index contributed by atoms with van der Waals surface area (Å²) in [7, 11) is 0. The molecule has 1 aromatic heterocycles. The van der Waals surface area contributed by atoms with Crippen molar-refractivity contribution in [1.29, 1.82) is 0 Å². The van der Waals surface area contributed by atoms with Crippen molar-refractivity contribution in [3.8, 4) is 16.3 Å². The molecule has 174 valence electrons. The first kappa shape index (κ1) is 21.3. The number of thiazole rings is 1. The highest BCUT2D eigenvalue weighted by molar-refractivity contribution is 7.21. The van der Waals surface area contributed by atoms with Gasteiger partial charge in [0.15, 0.2) is 5.54 Å². The van der Waals surface area contributed by atoms with E-state index in [0.29, 0.717) is 30.0 Å². The van der Waals surface area contributed by atoms with Gasteiger partial charge in [-0.15, -0.1) is 11.3 Å². The topological polar surface area (TPSA) is 101 Å². The smallest absolute Gasteiger partial charge is 0.325 e. The second-order valence-electron chi connectivity index (χ2n) is 8.44. The van der Waals surface area contributed by atoms with Crippen LogP contribution < -0.4 is 15.4 Å². The molecule has 4 amide bonds. The molecule has 0 bridgehead atoms. The highest BCUT2D eigenvalue weighted by atomic mass is 32.1. The van der Waals surface area contributed by atoms with Crippen molar-refractivity contribution in [3.63, 3.8) is 0 Å². The van der Waals surface area contributed by atoms with E-state index in [2.05, 4.69) is 15.6 Å². The molecule has 2 aliphatic rings. The average Bonchev–Trinajstić information content (AvgIpc) is 3.40. The number of ether oxygens (including phenoxy) is 1. The molecule has 6 rings (SSSR count). The lowest BCUT2D eigenvalue weighted by atomic mass is 9.84. The maximum absolute atomic E-state index is 13.4. The first-order chi connectivity index (χ1) is 17.0. The van der Waals surface area contributed by atoms with E-state index in [1.165, 1.54) is 0 Å². The summed E-state index contributed by atoms with van der Waals surface area (Å²) in [5.74, 6) is -0.352. The standard InChI is InChI=1S/C26H20N4O4S/c31-22(27-17-7-5-6-16(14-17)23-28-19-9-2-4-11-21(19)35-23)15-30-24(32)26(29-25(30)33)12-13-34-20-10-3-1-8-18(20)26/h1-11,14H,12-13,15H2,(H,27,31)(H,29,33). The van der Waals surface area contributed by atoms with Crippen LogP contribution in [-0.2, 0) is 15.1 Å². The van der Waals surface area contributed by atoms with Crippen LogP contribution in [0.15, 0.2) is 72.8 Å². The maximum atomic E-state index is 13.4. The minimum Gasteiger partial charge on any atom is -0.493 e. The third kappa shape index (κ3) is 3.60. The number of nitrogens with zero attached hydrogens (tertiary/aromatic N) is 2. The van der Waals surface area contributed by atoms with Gasteiger partial charge in [-0.2, -0.15) is 0 Å². The molecular weight excluding hydrogens is 464 g/mol. The SMILES string of the molecule is O=C(CN1C(=O)NC2(CCOc3ccccc32)C1=O)Nc1cccc(-c2nc3ccccc3s2)c1. The van der Waals surface area contributed by atoms with Gasteiger partial charge in [0.2, 0.25) is 5.91 Å². The van der Waals surface area contributed by atoms with Crippen LogP contribution in [0.5, 0.6) is 5.75 Å². The van der Waals surface area contributed by atoms with Crippen LogP contribution in [0.25, 0.3) is 20.8 Å². The van der Waals surface area contributed by atoms with Crippen molar-refractivity contribution in [1.82, 2.24) is 15.2 Å². The number of hydrogen-bond acceptors (Lipinski definition) is 6. The molecule has 1 unspecified atom stereocenters. The van der Waals surface area contributed by atoms with E-state index < -0.39 is 23.4 Å². The largest absolute Gasteiger partial charge is 0.493 e.